The van der Waals surface area contributed by atoms with Crippen molar-refractivity contribution in [1.82, 2.24) is 19.8 Å². The molecule has 2 aliphatic rings. The first-order valence-corrected chi connectivity index (χ1v) is 15.6. The highest BCUT2D eigenvalue weighted by molar-refractivity contribution is 7.16. The molecule has 44 heavy (non-hydrogen) atoms. The second-order valence-electron chi connectivity index (χ2n) is 12.6. The zero-order chi connectivity index (χ0) is 30.6. The fourth-order valence-electron chi connectivity index (χ4n) is 6.21. The summed E-state index contributed by atoms with van der Waals surface area (Å²) in [6.07, 6.45) is 1.43. The van der Waals surface area contributed by atoms with Gasteiger partial charge in [0.15, 0.2) is 0 Å². The molecule has 4 heterocycles. The number of benzene rings is 3. The highest BCUT2D eigenvalue weighted by atomic mass is 32.1. The average molecular weight is 610 g/mol. The van der Waals surface area contributed by atoms with Gasteiger partial charge in [0.05, 0.1) is 21.2 Å². The van der Waals surface area contributed by atoms with Gasteiger partial charge in [0.1, 0.15) is 11.4 Å². The Balaban J connectivity index is 1.07. The number of pyridine rings is 1. The number of hydrogen-bond donors (Lipinski definition) is 1. The number of aromatic nitrogens is 2. The van der Waals surface area contributed by atoms with E-state index in [9.17, 15) is 9.59 Å². The summed E-state index contributed by atoms with van der Waals surface area (Å²) in [5.41, 5.74) is 6.16. The van der Waals surface area contributed by atoms with Gasteiger partial charge in [0.2, 0.25) is 0 Å². The molecule has 0 unspecified atom stereocenters. The topological polar surface area (TPSA) is 87.7 Å². The summed E-state index contributed by atoms with van der Waals surface area (Å²) < 4.78 is 22.2. The van der Waals surface area contributed by atoms with Crippen molar-refractivity contribution in [2.24, 2.45) is 11.8 Å². The summed E-state index contributed by atoms with van der Waals surface area (Å²) in [4.78, 5) is 38.3. The first-order chi connectivity index (χ1) is 21.1. The zero-order valence-corrected chi connectivity index (χ0v) is 25.5. The Morgan fingerprint density at radius 1 is 0.909 bits per heavy atom. The van der Waals surface area contributed by atoms with Gasteiger partial charge < -0.3 is 19.9 Å². The van der Waals surface area contributed by atoms with Crippen LogP contribution in [0.4, 0.5) is 20.6 Å². The molecule has 2 aliphatic heterocycles. The minimum absolute atomic E-state index is 0.188. The third kappa shape index (κ3) is 5.45. The number of halogens is 1. The molecule has 2 amide bonds. The Labute approximate surface area is 258 Å². The second-order valence-corrected chi connectivity index (χ2v) is 13.4. The summed E-state index contributed by atoms with van der Waals surface area (Å²) in [7, 11) is 0. The number of carbonyl (C=O) groups is 2. The van der Waals surface area contributed by atoms with Gasteiger partial charge in [-0.05, 0) is 74.9 Å². The van der Waals surface area contributed by atoms with Crippen LogP contribution in [-0.4, -0.2) is 63.5 Å². The molecule has 3 aromatic carbocycles. The van der Waals surface area contributed by atoms with Gasteiger partial charge >= 0.3 is 6.09 Å². The van der Waals surface area contributed by atoms with Crippen molar-refractivity contribution in [3.8, 4) is 11.1 Å². The lowest BCUT2D eigenvalue weighted by Crippen LogP contribution is -2.38. The maximum absolute atomic E-state index is 15.6. The molecule has 7 rings (SSSR count). The molecule has 8 nitrogen and oxygen atoms in total. The first-order valence-electron chi connectivity index (χ1n) is 14.7. The number of amides is 2. The average Bonchev–Trinajstić information content (AvgIpc) is 3.71. The minimum Gasteiger partial charge on any atom is -0.444 e. The molecule has 2 aromatic heterocycles. The third-order valence-corrected chi connectivity index (χ3v) is 9.11. The molecular weight excluding hydrogens is 577 g/mol. The van der Waals surface area contributed by atoms with Crippen LogP contribution in [0.15, 0.2) is 72.4 Å². The highest BCUT2D eigenvalue weighted by Gasteiger charge is 2.44. The molecule has 10 heteroatoms. The van der Waals surface area contributed by atoms with E-state index >= 15 is 4.39 Å². The van der Waals surface area contributed by atoms with Crippen molar-refractivity contribution < 1.29 is 18.7 Å². The lowest BCUT2D eigenvalue weighted by Gasteiger charge is -2.26. The van der Waals surface area contributed by atoms with Gasteiger partial charge in [0, 0.05) is 72.1 Å². The van der Waals surface area contributed by atoms with Crippen molar-refractivity contribution >= 4 is 55.8 Å². The number of nitrogens with zero attached hydrogens (tertiary/aromatic N) is 4. The predicted molar refractivity (Wildman–Crippen MR) is 171 cm³/mol. The maximum Gasteiger partial charge on any atom is 0.410 e. The number of likely N-dealkylation sites (tertiary alicyclic amines) is 2. The first kappa shape index (κ1) is 28.2. The fraction of sp³-hybridized carbons (Fsp3) is 0.294. The summed E-state index contributed by atoms with van der Waals surface area (Å²) in [5, 5.41) is 4.32. The maximum atomic E-state index is 15.6. The van der Waals surface area contributed by atoms with Gasteiger partial charge in [-0.1, -0.05) is 12.1 Å². The molecule has 0 saturated carbocycles. The minimum atomic E-state index is -0.548. The van der Waals surface area contributed by atoms with Gasteiger partial charge in [-0.3, -0.25) is 9.78 Å². The molecule has 1 N–H and O–H groups in total. The smallest absolute Gasteiger partial charge is 0.410 e. The molecule has 2 atom stereocenters. The zero-order valence-electron chi connectivity index (χ0n) is 24.7. The molecule has 0 spiro atoms. The highest BCUT2D eigenvalue weighted by Crippen LogP contribution is 2.35. The van der Waals surface area contributed by atoms with Crippen molar-refractivity contribution in [3.63, 3.8) is 0 Å². The number of thiazole rings is 1. The lowest BCUT2D eigenvalue weighted by molar-refractivity contribution is 0.0275. The van der Waals surface area contributed by atoms with E-state index in [2.05, 4.69) is 15.3 Å². The van der Waals surface area contributed by atoms with E-state index in [0.717, 1.165) is 32.5 Å². The Hall–Kier alpha value is -4.57. The molecule has 2 fully saturated rings. The summed E-state index contributed by atoms with van der Waals surface area (Å²) in [6.45, 7) is 7.75. The molecule has 0 aliphatic carbocycles. The van der Waals surface area contributed by atoms with Crippen LogP contribution in [0.3, 0.4) is 0 Å². The quantitative estimate of drug-likeness (QED) is 0.230. The van der Waals surface area contributed by atoms with Gasteiger partial charge in [-0.2, -0.15) is 0 Å². The Morgan fingerprint density at radius 3 is 2.43 bits per heavy atom. The lowest BCUT2D eigenvalue weighted by atomic mass is 10.00. The second kappa shape index (κ2) is 10.9. The van der Waals surface area contributed by atoms with Crippen LogP contribution in [0.25, 0.3) is 32.2 Å². The number of fused-ring (bicyclic) bond motifs is 3. The van der Waals surface area contributed by atoms with Crippen molar-refractivity contribution in [2.75, 3.05) is 31.5 Å². The van der Waals surface area contributed by atoms with E-state index in [0.29, 0.717) is 42.9 Å². The molecule has 0 radical (unpaired) electrons. The summed E-state index contributed by atoms with van der Waals surface area (Å²) >= 11 is 1.60. The number of nitrogens with one attached hydrogen (secondary N) is 1. The number of ether oxygens (including phenoxy) is 1. The van der Waals surface area contributed by atoms with Crippen LogP contribution >= 0.6 is 11.3 Å². The Morgan fingerprint density at radius 2 is 1.68 bits per heavy atom. The monoisotopic (exact) mass is 609 g/mol. The number of carbonyl (C=O) groups excluding carboxylic acids is 2. The van der Waals surface area contributed by atoms with Crippen molar-refractivity contribution in [1.29, 1.82) is 0 Å². The van der Waals surface area contributed by atoms with E-state index in [-0.39, 0.29) is 23.8 Å². The largest absolute Gasteiger partial charge is 0.444 e. The Kier molecular flexibility index (Phi) is 6.96. The van der Waals surface area contributed by atoms with Crippen LogP contribution in [0.2, 0.25) is 0 Å². The van der Waals surface area contributed by atoms with E-state index in [1.54, 1.807) is 39.5 Å². The van der Waals surface area contributed by atoms with Crippen LogP contribution in [-0.2, 0) is 4.74 Å². The van der Waals surface area contributed by atoms with Gasteiger partial charge in [-0.25, -0.2) is 14.2 Å². The van der Waals surface area contributed by atoms with E-state index < -0.39 is 11.4 Å². The van der Waals surface area contributed by atoms with Crippen LogP contribution in [0, 0.1) is 17.7 Å². The van der Waals surface area contributed by atoms with Crippen molar-refractivity contribution in [2.45, 2.75) is 26.4 Å². The molecule has 224 valence electrons. The number of anilines is 2. The molecule has 0 bridgehead atoms. The molecule has 2 saturated heterocycles. The van der Waals surface area contributed by atoms with Gasteiger partial charge in [-0.15, -0.1) is 11.3 Å². The molecule has 5 aromatic rings. The summed E-state index contributed by atoms with van der Waals surface area (Å²) in [6, 6.07) is 18.3. The van der Waals surface area contributed by atoms with Crippen molar-refractivity contribution in [3.05, 3.63) is 83.8 Å². The predicted octanol–water partition coefficient (Wildman–Crippen LogP) is 7.33. The van der Waals surface area contributed by atoms with E-state index in [1.807, 2.05) is 68.7 Å². The SMILES string of the molecule is CC(C)(C)OC(=O)N1C[C@@H]2CN(C(=O)c3ccc(-c4ccc5nccc(Nc6ccc7scnc7c6)c5c4)c(F)c3)C[C@@H]2C1. The van der Waals surface area contributed by atoms with Gasteiger partial charge in [0.25, 0.3) is 5.91 Å². The van der Waals surface area contributed by atoms with Crippen LogP contribution in [0.1, 0.15) is 31.1 Å². The number of rotatable bonds is 4. The number of hydrogen-bond acceptors (Lipinski definition) is 7. The van der Waals surface area contributed by atoms with Crippen LogP contribution < -0.4 is 5.32 Å². The normalized spacial score (nSPS) is 18.2. The third-order valence-electron chi connectivity index (χ3n) is 8.30. The van der Waals surface area contributed by atoms with E-state index in [4.69, 9.17) is 4.74 Å². The molecular formula is C34H32FN5O3S. The Bertz CT molecular complexity index is 1900. The fourth-order valence-corrected chi connectivity index (χ4v) is 6.87. The standard InChI is InChI=1S/C34H32FN5O3S/c1-34(2,3)43-33(42)40-17-22-15-39(16-23(22)18-40)32(41)21-4-7-25(27(35)13-21)20-5-8-28-26(12-20)29(10-11-36-28)38-24-6-9-31-30(14-24)37-19-44-31/h4-14,19,22-23H,15-18H2,1-3H3,(H,36,38)/t22-,23+. The van der Waals surface area contributed by atoms with E-state index in [1.165, 1.54) is 6.07 Å². The van der Waals surface area contributed by atoms with Crippen LogP contribution in [0.5, 0.6) is 0 Å². The summed E-state index contributed by atoms with van der Waals surface area (Å²) in [5.74, 6) is -0.279.